The molecule has 1 saturated heterocycles. The molecule has 7 heteroatoms. The molecule has 0 aliphatic carbocycles. The molecule has 21 heavy (non-hydrogen) atoms. The Labute approximate surface area is 121 Å². The Balaban J connectivity index is 1.74. The Kier molecular flexibility index (Phi) is 5.89. The van der Waals surface area contributed by atoms with Crippen LogP contribution in [0.4, 0.5) is 8.78 Å². The fourth-order valence-electron chi connectivity index (χ4n) is 2.04. The molecule has 0 bridgehead atoms. The molecular weight excluding hydrogens is 282 g/mol. The summed E-state index contributed by atoms with van der Waals surface area (Å²) in [5.74, 6) is -0.193. The summed E-state index contributed by atoms with van der Waals surface area (Å²) in [7, 11) is 0. The maximum Gasteiger partial charge on any atom is 0.387 e. The first-order chi connectivity index (χ1) is 10.1. The SMILES string of the molecule is O=C(NCCN1CCOCC1)c1ccc(OC(F)F)cc1. The number of carbonyl (C=O) groups excluding carboxylic acids is 1. The standard InChI is InChI=1S/C14H18F2N2O3/c15-14(16)21-12-3-1-11(2-4-12)13(19)17-5-6-18-7-9-20-10-8-18/h1-4,14H,5-10H2,(H,17,19). The molecule has 0 atom stereocenters. The van der Waals surface area contributed by atoms with Gasteiger partial charge in [0.2, 0.25) is 0 Å². The number of amides is 1. The van der Waals surface area contributed by atoms with Gasteiger partial charge in [-0.05, 0) is 24.3 Å². The summed E-state index contributed by atoms with van der Waals surface area (Å²) in [6.45, 7) is 1.62. The quantitative estimate of drug-likeness (QED) is 0.861. The number of nitrogens with zero attached hydrogens (tertiary/aromatic N) is 1. The molecule has 0 radical (unpaired) electrons. The number of hydrogen-bond donors (Lipinski definition) is 1. The predicted molar refractivity (Wildman–Crippen MR) is 72.7 cm³/mol. The summed E-state index contributed by atoms with van der Waals surface area (Å²) >= 11 is 0. The van der Waals surface area contributed by atoms with Crippen LogP contribution < -0.4 is 10.1 Å². The molecule has 116 valence electrons. The van der Waals surface area contributed by atoms with Crippen LogP contribution in [0.2, 0.25) is 0 Å². The number of carbonyl (C=O) groups is 1. The Morgan fingerprint density at radius 3 is 2.57 bits per heavy atom. The van der Waals surface area contributed by atoms with Gasteiger partial charge in [0.05, 0.1) is 13.2 Å². The van der Waals surface area contributed by atoms with E-state index in [2.05, 4.69) is 15.0 Å². The van der Waals surface area contributed by atoms with E-state index in [9.17, 15) is 13.6 Å². The minimum Gasteiger partial charge on any atom is -0.435 e. The van der Waals surface area contributed by atoms with Gasteiger partial charge >= 0.3 is 6.61 Å². The summed E-state index contributed by atoms with van der Waals surface area (Å²) in [6, 6.07) is 5.62. The minimum atomic E-state index is -2.86. The Hall–Kier alpha value is -1.73. The van der Waals surface area contributed by atoms with Crippen molar-refractivity contribution in [3.63, 3.8) is 0 Å². The monoisotopic (exact) mass is 300 g/mol. The van der Waals surface area contributed by atoms with Crippen molar-refractivity contribution in [2.24, 2.45) is 0 Å². The van der Waals surface area contributed by atoms with E-state index >= 15 is 0 Å². The minimum absolute atomic E-state index is 0.0369. The Morgan fingerprint density at radius 1 is 1.29 bits per heavy atom. The van der Waals surface area contributed by atoms with E-state index in [4.69, 9.17) is 4.74 Å². The number of nitrogens with one attached hydrogen (secondary N) is 1. The third-order valence-electron chi connectivity index (χ3n) is 3.16. The zero-order valence-corrected chi connectivity index (χ0v) is 11.6. The van der Waals surface area contributed by atoms with Gasteiger partial charge in [0.25, 0.3) is 5.91 Å². The lowest BCUT2D eigenvalue weighted by Gasteiger charge is -2.26. The molecule has 0 unspecified atom stereocenters. The highest BCUT2D eigenvalue weighted by molar-refractivity contribution is 5.94. The maximum atomic E-state index is 12.0. The van der Waals surface area contributed by atoms with E-state index in [1.54, 1.807) is 0 Å². The molecule has 0 spiro atoms. The highest BCUT2D eigenvalue weighted by Gasteiger charge is 2.11. The van der Waals surface area contributed by atoms with Gasteiger partial charge < -0.3 is 14.8 Å². The second kappa shape index (κ2) is 7.90. The van der Waals surface area contributed by atoms with Crippen LogP contribution in [0, 0.1) is 0 Å². The first-order valence-corrected chi connectivity index (χ1v) is 6.78. The first kappa shape index (κ1) is 15.7. The topological polar surface area (TPSA) is 50.8 Å². The normalized spacial score (nSPS) is 16.0. The van der Waals surface area contributed by atoms with Gasteiger partial charge in [0.15, 0.2) is 0 Å². The summed E-state index contributed by atoms with van der Waals surface area (Å²) < 4.78 is 33.5. The van der Waals surface area contributed by atoms with Crippen molar-refractivity contribution in [1.29, 1.82) is 0 Å². The lowest BCUT2D eigenvalue weighted by molar-refractivity contribution is -0.0498. The van der Waals surface area contributed by atoms with Crippen molar-refractivity contribution in [1.82, 2.24) is 10.2 Å². The summed E-state index contributed by atoms with van der Waals surface area (Å²) in [4.78, 5) is 14.1. The molecule has 1 fully saturated rings. The maximum absolute atomic E-state index is 12.0. The van der Waals surface area contributed by atoms with Crippen molar-refractivity contribution in [3.8, 4) is 5.75 Å². The van der Waals surface area contributed by atoms with Gasteiger partial charge in [-0.1, -0.05) is 0 Å². The van der Waals surface area contributed by atoms with Crippen molar-refractivity contribution in [2.75, 3.05) is 39.4 Å². The zero-order valence-electron chi connectivity index (χ0n) is 11.6. The lowest BCUT2D eigenvalue weighted by Crippen LogP contribution is -2.41. The molecule has 1 aliphatic rings. The van der Waals surface area contributed by atoms with Crippen LogP contribution in [0.25, 0.3) is 0 Å². The van der Waals surface area contributed by atoms with Crippen LogP contribution >= 0.6 is 0 Å². The molecule has 1 N–H and O–H groups in total. The molecule has 2 rings (SSSR count). The fraction of sp³-hybridized carbons (Fsp3) is 0.500. The summed E-state index contributed by atoms with van der Waals surface area (Å²) in [6.07, 6.45) is 0. The predicted octanol–water partition coefficient (Wildman–Crippen LogP) is 1.35. The van der Waals surface area contributed by atoms with E-state index in [0.29, 0.717) is 12.1 Å². The van der Waals surface area contributed by atoms with Crippen molar-refractivity contribution in [2.45, 2.75) is 6.61 Å². The molecule has 1 aromatic rings. The molecule has 1 aliphatic heterocycles. The molecule has 0 aromatic heterocycles. The number of benzene rings is 1. The molecule has 5 nitrogen and oxygen atoms in total. The van der Waals surface area contributed by atoms with Crippen LogP contribution in [-0.2, 0) is 4.74 Å². The first-order valence-electron chi connectivity index (χ1n) is 6.78. The van der Waals surface area contributed by atoms with Gasteiger partial charge in [0, 0.05) is 31.7 Å². The molecule has 1 heterocycles. The fourth-order valence-corrected chi connectivity index (χ4v) is 2.04. The number of halogens is 2. The Morgan fingerprint density at radius 2 is 1.95 bits per heavy atom. The number of rotatable bonds is 6. The van der Waals surface area contributed by atoms with Gasteiger partial charge in [-0.25, -0.2) is 0 Å². The van der Waals surface area contributed by atoms with Gasteiger partial charge in [-0.15, -0.1) is 0 Å². The van der Waals surface area contributed by atoms with Crippen LogP contribution in [0.15, 0.2) is 24.3 Å². The summed E-state index contributed by atoms with van der Waals surface area (Å²) in [5.41, 5.74) is 0.415. The van der Waals surface area contributed by atoms with Crippen molar-refractivity contribution in [3.05, 3.63) is 29.8 Å². The van der Waals surface area contributed by atoms with Crippen LogP contribution in [-0.4, -0.2) is 56.8 Å². The molecule has 0 saturated carbocycles. The summed E-state index contributed by atoms with van der Waals surface area (Å²) in [5, 5.41) is 2.80. The average Bonchev–Trinajstić information content (AvgIpc) is 2.48. The number of morpholine rings is 1. The highest BCUT2D eigenvalue weighted by atomic mass is 19.3. The van der Waals surface area contributed by atoms with E-state index in [0.717, 1.165) is 32.8 Å². The zero-order chi connectivity index (χ0) is 15.1. The third-order valence-corrected chi connectivity index (χ3v) is 3.16. The van der Waals surface area contributed by atoms with Crippen molar-refractivity contribution < 1.29 is 23.0 Å². The number of hydrogen-bond acceptors (Lipinski definition) is 4. The van der Waals surface area contributed by atoms with Crippen LogP contribution in [0.1, 0.15) is 10.4 Å². The molecule has 1 amide bonds. The van der Waals surface area contributed by atoms with Gasteiger partial charge in [-0.2, -0.15) is 8.78 Å². The smallest absolute Gasteiger partial charge is 0.387 e. The third kappa shape index (κ3) is 5.28. The van der Waals surface area contributed by atoms with Crippen molar-refractivity contribution >= 4 is 5.91 Å². The van der Waals surface area contributed by atoms with Gasteiger partial charge in [-0.3, -0.25) is 9.69 Å². The average molecular weight is 300 g/mol. The second-order valence-electron chi connectivity index (χ2n) is 4.61. The number of ether oxygens (including phenoxy) is 2. The number of alkyl halides is 2. The van der Waals surface area contributed by atoms with E-state index < -0.39 is 6.61 Å². The van der Waals surface area contributed by atoms with E-state index in [-0.39, 0.29) is 11.7 Å². The lowest BCUT2D eigenvalue weighted by atomic mass is 10.2. The Bertz CT molecular complexity index is 448. The van der Waals surface area contributed by atoms with Crippen LogP contribution in [0.3, 0.4) is 0 Å². The van der Waals surface area contributed by atoms with Crippen LogP contribution in [0.5, 0.6) is 5.75 Å². The largest absolute Gasteiger partial charge is 0.435 e. The molecular formula is C14H18F2N2O3. The molecule has 1 aromatic carbocycles. The van der Waals surface area contributed by atoms with Gasteiger partial charge in [0.1, 0.15) is 5.75 Å². The van der Waals surface area contributed by atoms with E-state index in [1.807, 2.05) is 0 Å². The highest BCUT2D eigenvalue weighted by Crippen LogP contribution is 2.14. The second-order valence-corrected chi connectivity index (χ2v) is 4.61. The van der Waals surface area contributed by atoms with E-state index in [1.165, 1.54) is 24.3 Å².